The smallest absolute Gasteiger partial charge is 0.416 e. The summed E-state index contributed by atoms with van der Waals surface area (Å²) in [4.78, 5) is 26.2. The average molecular weight is 433 g/mol. The minimum absolute atomic E-state index is 0.0578. The van der Waals surface area contributed by atoms with Crippen molar-refractivity contribution >= 4 is 11.8 Å². The summed E-state index contributed by atoms with van der Waals surface area (Å²) in [5.41, 5.74) is 0.262. The van der Waals surface area contributed by atoms with Crippen molar-refractivity contribution in [2.45, 2.75) is 70.1 Å². The van der Waals surface area contributed by atoms with E-state index in [9.17, 15) is 22.8 Å². The number of rotatable bonds is 3. The van der Waals surface area contributed by atoms with Crippen molar-refractivity contribution in [3.05, 3.63) is 58.4 Å². The number of alkyl halides is 3. The monoisotopic (exact) mass is 433 g/mol. The maximum atomic E-state index is 13.9. The molecule has 0 radical (unpaired) electrons. The zero-order valence-electron chi connectivity index (χ0n) is 17.4. The topological polar surface area (TPSA) is 55.4 Å². The quantitative estimate of drug-likeness (QED) is 0.648. The summed E-state index contributed by atoms with van der Waals surface area (Å²) in [5, 5.41) is 3.11. The molecule has 0 spiro atoms. The van der Waals surface area contributed by atoms with Crippen LogP contribution in [0.3, 0.4) is 0 Å². The van der Waals surface area contributed by atoms with Crippen molar-refractivity contribution in [1.82, 2.24) is 5.32 Å². The number of nitrogens with one attached hydrogen (secondary N) is 1. The fourth-order valence-corrected chi connectivity index (χ4v) is 5.04. The molecule has 4 rings (SSSR count). The molecule has 4 nitrogen and oxygen atoms in total. The van der Waals surface area contributed by atoms with E-state index in [0.29, 0.717) is 17.8 Å². The number of ketones is 1. The van der Waals surface area contributed by atoms with Gasteiger partial charge in [0.05, 0.1) is 17.1 Å². The number of esters is 1. The molecule has 2 aliphatic carbocycles. The number of fused-ring (bicyclic) bond motifs is 1. The second-order valence-corrected chi connectivity index (χ2v) is 8.53. The Hall–Kier alpha value is -2.57. The zero-order valence-corrected chi connectivity index (χ0v) is 17.4. The number of allylic oxidation sites excluding steroid dienone is 3. The minimum atomic E-state index is -4.60. The Kier molecular flexibility index (Phi) is 5.95. The molecule has 31 heavy (non-hydrogen) atoms. The maximum absolute atomic E-state index is 13.9. The third-order valence-corrected chi connectivity index (χ3v) is 6.46. The molecule has 0 bridgehead atoms. The van der Waals surface area contributed by atoms with E-state index in [0.717, 1.165) is 38.2 Å². The normalized spacial score (nSPS) is 24.9. The predicted molar refractivity (Wildman–Crippen MR) is 109 cm³/mol. The van der Waals surface area contributed by atoms with Gasteiger partial charge in [-0.2, -0.15) is 13.2 Å². The molecule has 3 aliphatic rings. The van der Waals surface area contributed by atoms with Gasteiger partial charge in [0.25, 0.3) is 0 Å². The van der Waals surface area contributed by atoms with Gasteiger partial charge in [-0.3, -0.25) is 4.79 Å². The Balaban J connectivity index is 1.82. The van der Waals surface area contributed by atoms with Crippen LogP contribution in [-0.2, 0) is 20.5 Å². The van der Waals surface area contributed by atoms with Crippen LogP contribution in [0.5, 0.6) is 0 Å². The Morgan fingerprint density at radius 3 is 2.52 bits per heavy atom. The lowest BCUT2D eigenvalue weighted by atomic mass is 9.70. The van der Waals surface area contributed by atoms with Crippen LogP contribution in [0.1, 0.15) is 68.9 Å². The number of carbonyl (C=O) groups is 2. The van der Waals surface area contributed by atoms with E-state index in [-0.39, 0.29) is 29.4 Å². The molecule has 1 fully saturated rings. The van der Waals surface area contributed by atoms with Crippen molar-refractivity contribution in [2.24, 2.45) is 5.92 Å². The van der Waals surface area contributed by atoms with Gasteiger partial charge < -0.3 is 10.1 Å². The standard InChI is InChI=1S/C24H26F3NO3/c1-14-20(23(30)31-15-8-3-2-4-9-15)21(22-18(28-14)12-7-13-19(22)29)16-10-5-6-11-17(16)24(25,26)27/h5-6,10-12,15,21-22,28H,2-4,7-9,13H2,1H3. The van der Waals surface area contributed by atoms with Crippen molar-refractivity contribution < 1.29 is 27.5 Å². The van der Waals surface area contributed by atoms with Gasteiger partial charge in [0, 0.05) is 23.7 Å². The van der Waals surface area contributed by atoms with E-state index in [2.05, 4.69) is 5.32 Å². The van der Waals surface area contributed by atoms with Crippen LogP contribution in [0.4, 0.5) is 13.2 Å². The van der Waals surface area contributed by atoms with Crippen LogP contribution < -0.4 is 5.32 Å². The molecule has 7 heteroatoms. The molecular formula is C24H26F3NO3. The Bertz CT molecular complexity index is 942. The lowest BCUT2D eigenvalue weighted by Crippen LogP contribution is -2.42. The minimum Gasteiger partial charge on any atom is -0.459 e. The highest BCUT2D eigenvalue weighted by molar-refractivity contribution is 5.96. The van der Waals surface area contributed by atoms with Crippen LogP contribution in [0, 0.1) is 5.92 Å². The summed E-state index contributed by atoms with van der Waals surface area (Å²) in [6.45, 7) is 1.66. The lowest BCUT2D eigenvalue weighted by Gasteiger charge is -2.39. The van der Waals surface area contributed by atoms with Crippen LogP contribution in [0.2, 0.25) is 0 Å². The number of carbonyl (C=O) groups excluding carboxylic acids is 2. The molecular weight excluding hydrogens is 407 g/mol. The molecule has 2 unspecified atom stereocenters. The number of Topliss-reactive ketones (excluding diaryl/α,β-unsaturated/α-hetero) is 1. The molecule has 1 N–H and O–H groups in total. The third-order valence-electron chi connectivity index (χ3n) is 6.46. The first-order valence-corrected chi connectivity index (χ1v) is 10.8. The highest BCUT2D eigenvalue weighted by Crippen LogP contribution is 2.47. The summed E-state index contributed by atoms with van der Waals surface area (Å²) in [6.07, 6.45) is 2.29. The van der Waals surface area contributed by atoms with Gasteiger partial charge in [0.15, 0.2) is 0 Å². The molecule has 1 aromatic carbocycles. The second kappa shape index (κ2) is 8.52. The van der Waals surface area contributed by atoms with E-state index < -0.39 is 29.5 Å². The number of benzene rings is 1. The van der Waals surface area contributed by atoms with Crippen LogP contribution in [-0.4, -0.2) is 17.9 Å². The Morgan fingerprint density at radius 1 is 1.10 bits per heavy atom. The van der Waals surface area contributed by atoms with Gasteiger partial charge in [-0.25, -0.2) is 4.79 Å². The summed E-state index contributed by atoms with van der Waals surface area (Å²) in [6, 6.07) is 5.22. The molecule has 1 aliphatic heterocycles. The van der Waals surface area contributed by atoms with E-state index in [1.54, 1.807) is 6.92 Å². The molecule has 1 heterocycles. The fourth-order valence-electron chi connectivity index (χ4n) is 5.04. The van der Waals surface area contributed by atoms with Gasteiger partial charge in [0.2, 0.25) is 0 Å². The van der Waals surface area contributed by atoms with Crippen LogP contribution >= 0.6 is 0 Å². The van der Waals surface area contributed by atoms with E-state index >= 15 is 0 Å². The van der Waals surface area contributed by atoms with Crippen molar-refractivity contribution in [2.75, 3.05) is 0 Å². The molecule has 2 atom stereocenters. The zero-order chi connectivity index (χ0) is 22.2. The van der Waals surface area contributed by atoms with Crippen LogP contribution in [0.25, 0.3) is 0 Å². The molecule has 0 amide bonds. The number of hydrogen-bond acceptors (Lipinski definition) is 4. The van der Waals surface area contributed by atoms with E-state index in [1.807, 2.05) is 6.08 Å². The van der Waals surface area contributed by atoms with Gasteiger partial charge >= 0.3 is 12.1 Å². The molecule has 0 aromatic heterocycles. The van der Waals surface area contributed by atoms with Gasteiger partial charge in [-0.15, -0.1) is 0 Å². The van der Waals surface area contributed by atoms with Crippen molar-refractivity contribution in [1.29, 1.82) is 0 Å². The largest absolute Gasteiger partial charge is 0.459 e. The number of ether oxygens (including phenoxy) is 1. The maximum Gasteiger partial charge on any atom is 0.416 e. The Labute approximate surface area is 179 Å². The van der Waals surface area contributed by atoms with E-state index in [1.165, 1.54) is 18.2 Å². The SMILES string of the molecule is CC1=C(C(=O)OC2CCCCC2)C(c2ccccc2C(F)(F)F)C2C(=O)CCC=C2N1. The predicted octanol–water partition coefficient (Wildman–Crippen LogP) is 5.41. The summed E-state index contributed by atoms with van der Waals surface area (Å²) in [5.74, 6) is -2.68. The first kappa shape index (κ1) is 21.7. The third kappa shape index (κ3) is 4.27. The van der Waals surface area contributed by atoms with Crippen molar-refractivity contribution in [3.63, 3.8) is 0 Å². The molecule has 0 saturated heterocycles. The highest BCUT2D eigenvalue weighted by Gasteiger charge is 2.47. The fraction of sp³-hybridized carbons (Fsp3) is 0.500. The van der Waals surface area contributed by atoms with Gasteiger partial charge in [0.1, 0.15) is 11.9 Å². The first-order chi connectivity index (χ1) is 14.8. The van der Waals surface area contributed by atoms with E-state index in [4.69, 9.17) is 4.74 Å². The molecule has 166 valence electrons. The average Bonchev–Trinajstić information content (AvgIpc) is 2.73. The van der Waals surface area contributed by atoms with Crippen molar-refractivity contribution in [3.8, 4) is 0 Å². The highest BCUT2D eigenvalue weighted by atomic mass is 19.4. The van der Waals surface area contributed by atoms with Gasteiger partial charge in [-0.1, -0.05) is 30.7 Å². The summed E-state index contributed by atoms with van der Waals surface area (Å²) < 4.78 is 47.4. The Morgan fingerprint density at radius 2 is 1.81 bits per heavy atom. The molecule has 1 aromatic rings. The summed E-state index contributed by atoms with van der Waals surface area (Å²) >= 11 is 0. The molecule has 1 saturated carbocycles. The van der Waals surface area contributed by atoms with Gasteiger partial charge in [-0.05, 0) is 50.7 Å². The first-order valence-electron chi connectivity index (χ1n) is 10.8. The summed E-state index contributed by atoms with van der Waals surface area (Å²) in [7, 11) is 0. The lowest BCUT2D eigenvalue weighted by molar-refractivity contribution is -0.147. The number of halogens is 3. The second-order valence-electron chi connectivity index (χ2n) is 8.53. The number of hydrogen-bond donors (Lipinski definition) is 1. The van der Waals surface area contributed by atoms with Crippen LogP contribution in [0.15, 0.2) is 47.3 Å².